The Morgan fingerprint density at radius 3 is 1.23 bits per heavy atom. The maximum absolute atomic E-state index is 5.98. The molecule has 0 aliphatic heterocycles. The first kappa shape index (κ1) is 25.9. The molecule has 0 aromatic heterocycles. The Labute approximate surface area is 164 Å². The molecule has 0 bridgehead atoms. The van der Waals surface area contributed by atoms with E-state index in [2.05, 4.69) is 27.7 Å². The number of hydrogen-bond donors (Lipinski definition) is 0. The Morgan fingerprint density at radius 2 is 0.885 bits per heavy atom. The zero-order chi connectivity index (χ0) is 19.3. The van der Waals surface area contributed by atoms with Gasteiger partial charge in [-0.15, -0.1) is 0 Å². The Bertz CT molecular complexity index is 238. The second-order valence-corrected chi connectivity index (χ2v) is 7.51. The molecule has 0 N–H and O–H groups in total. The van der Waals surface area contributed by atoms with Crippen molar-refractivity contribution < 1.29 is 14.2 Å². The molecule has 0 unspecified atom stereocenters. The van der Waals surface area contributed by atoms with Crippen LogP contribution in [-0.2, 0) is 14.2 Å². The highest BCUT2D eigenvalue weighted by molar-refractivity contribution is 4.60. The van der Waals surface area contributed by atoms with Crippen LogP contribution in [0.15, 0.2) is 0 Å². The quantitative estimate of drug-likeness (QED) is 0.194. The lowest BCUT2D eigenvalue weighted by Gasteiger charge is -2.33. The molecule has 0 aromatic rings. The van der Waals surface area contributed by atoms with Crippen molar-refractivity contribution in [2.24, 2.45) is 0 Å². The number of hydrogen-bond acceptors (Lipinski definition) is 3. The van der Waals surface area contributed by atoms with Gasteiger partial charge in [-0.3, -0.25) is 0 Å². The van der Waals surface area contributed by atoms with Crippen molar-refractivity contribution in [3.63, 3.8) is 0 Å². The smallest absolute Gasteiger partial charge is 0.282 e. The third kappa shape index (κ3) is 15.0. The topological polar surface area (TPSA) is 27.7 Å². The average Bonchev–Trinajstić information content (AvgIpc) is 2.60. The van der Waals surface area contributed by atoms with Crippen molar-refractivity contribution in [1.82, 2.24) is 0 Å². The molecule has 1 aliphatic rings. The highest BCUT2D eigenvalue weighted by Gasteiger charge is 2.32. The van der Waals surface area contributed by atoms with E-state index in [0.29, 0.717) is 19.8 Å². The van der Waals surface area contributed by atoms with Crippen LogP contribution in [0.3, 0.4) is 0 Å². The van der Waals surface area contributed by atoms with Crippen molar-refractivity contribution in [1.29, 1.82) is 0 Å². The van der Waals surface area contributed by atoms with Crippen LogP contribution in [0.25, 0.3) is 0 Å². The molecule has 0 radical (unpaired) electrons. The van der Waals surface area contributed by atoms with Crippen molar-refractivity contribution in [3.05, 3.63) is 0 Å². The van der Waals surface area contributed by atoms with Crippen molar-refractivity contribution in [2.45, 2.75) is 130 Å². The minimum atomic E-state index is -0.800. The van der Waals surface area contributed by atoms with E-state index in [4.69, 9.17) is 14.2 Å². The van der Waals surface area contributed by atoms with Crippen LogP contribution in [0.1, 0.15) is 124 Å². The minimum Gasteiger partial charge on any atom is -0.327 e. The van der Waals surface area contributed by atoms with E-state index in [1.54, 1.807) is 0 Å². The molecular formula is C23H48O3. The first-order valence-corrected chi connectivity index (χ1v) is 11.7. The highest BCUT2D eigenvalue weighted by Crippen LogP contribution is 2.25. The first-order valence-electron chi connectivity index (χ1n) is 11.7. The molecule has 1 rings (SSSR count). The molecule has 0 amide bonds. The highest BCUT2D eigenvalue weighted by atomic mass is 16.9. The Morgan fingerprint density at radius 1 is 0.500 bits per heavy atom. The molecule has 1 saturated carbocycles. The molecule has 26 heavy (non-hydrogen) atoms. The zero-order valence-electron chi connectivity index (χ0n) is 18.5. The van der Waals surface area contributed by atoms with Crippen LogP contribution in [0.5, 0.6) is 0 Å². The van der Waals surface area contributed by atoms with Gasteiger partial charge in [0, 0.05) is 6.42 Å². The van der Waals surface area contributed by atoms with Gasteiger partial charge in [-0.25, -0.2) is 0 Å². The van der Waals surface area contributed by atoms with E-state index in [0.717, 1.165) is 32.1 Å². The lowest BCUT2D eigenvalue weighted by Crippen LogP contribution is -2.40. The summed E-state index contributed by atoms with van der Waals surface area (Å²) in [5, 5.41) is 0. The summed E-state index contributed by atoms with van der Waals surface area (Å²) in [7, 11) is 0. The van der Waals surface area contributed by atoms with Gasteiger partial charge in [-0.1, -0.05) is 91.9 Å². The van der Waals surface area contributed by atoms with E-state index in [-0.39, 0.29) is 0 Å². The average molecular weight is 373 g/mol. The zero-order valence-corrected chi connectivity index (χ0v) is 18.5. The first-order chi connectivity index (χ1) is 12.7. The minimum absolute atomic E-state index is 0.698. The van der Waals surface area contributed by atoms with Crippen molar-refractivity contribution >= 4 is 0 Å². The summed E-state index contributed by atoms with van der Waals surface area (Å²) in [6.07, 6.45) is 18.9. The summed E-state index contributed by atoms with van der Waals surface area (Å²) in [6.45, 7) is 10.7. The summed E-state index contributed by atoms with van der Waals surface area (Å²) >= 11 is 0. The second kappa shape index (κ2) is 19.6. The SMILES string of the molecule is C1CCC1.CCCCCCCCCC(OCCC)(OCCC)OCCC. The largest absolute Gasteiger partial charge is 0.327 e. The second-order valence-electron chi connectivity index (χ2n) is 7.51. The van der Waals surface area contributed by atoms with Crippen LogP contribution >= 0.6 is 0 Å². The van der Waals surface area contributed by atoms with Crippen LogP contribution in [0.4, 0.5) is 0 Å². The van der Waals surface area contributed by atoms with Gasteiger partial charge in [0.05, 0.1) is 19.8 Å². The fraction of sp³-hybridized carbons (Fsp3) is 1.00. The molecule has 0 atom stereocenters. The van der Waals surface area contributed by atoms with Gasteiger partial charge < -0.3 is 14.2 Å². The van der Waals surface area contributed by atoms with Crippen LogP contribution in [0.2, 0.25) is 0 Å². The van der Waals surface area contributed by atoms with Crippen LogP contribution in [-0.4, -0.2) is 25.8 Å². The molecule has 158 valence electrons. The molecule has 3 nitrogen and oxygen atoms in total. The van der Waals surface area contributed by atoms with Gasteiger partial charge >= 0.3 is 0 Å². The maximum atomic E-state index is 5.98. The predicted molar refractivity (Wildman–Crippen MR) is 113 cm³/mol. The molecule has 1 fully saturated rings. The van der Waals surface area contributed by atoms with Gasteiger partial charge in [0.15, 0.2) is 0 Å². The summed E-state index contributed by atoms with van der Waals surface area (Å²) in [5.74, 6) is -0.800. The molecule has 0 aromatic carbocycles. The number of rotatable bonds is 17. The number of unbranched alkanes of at least 4 members (excludes halogenated alkanes) is 6. The fourth-order valence-corrected chi connectivity index (χ4v) is 2.66. The predicted octanol–water partition coefficient (Wildman–Crippen LogP) is 7.62. The monoisotopic (exact) mass is 372 g/mol. The third-order valence-corrected chi connectivity index (χ3v) is 4.66. The number of ether oxygens (including phenoxy) is 3. The molecular weight excluding hydrogens is 324 g/mol. The van der Waals surface area contributed by atoms with Gasteiger partial charge in [0.2, 0.25) is 0 Å². The Kier molecular flexibility index (Phi) is 19.5. The fourth-order valence-electron chi connectivity index (χ4n) is 2.66. The molecule has 1 aliphatic carbocycles. The lowest BCUT2D eigenvalue weighted by atomic mass is 10.0. The van der Waals surface area contributed by atoms with Gasteiger partial charge in [0.1, 0.15) is 0 Å². The lowest BCUT2D eigenvalue weighted by molar-refractivity contribution is -0.383. The normalized spacial score (nSPS) is 13.8. The third-order valence-electron chi connectivity index (χ3n) is 4.66. The van der Waals surface area contributed by atoms with Gasteiger partial charge in [-0.05, 0) is 25.7 Å². The molecule has 0 heterocycles. The molecule has 3 heteroatoms. The maximum Gasteiger partial charge on any atom is 0.282 e. The summed E-state index contributed by atoms with van der Waals surface area (Å²) in [4.78, 5) is 0. The molecule has 0 spiro atoms. The van der Waals surface area contributed by atoms with Crippen molar-refractivity contribution in [3.8, 4) is 0 Å². The Balaban J connectivity index is 0.00000136. The standard InChI is InChI=1S/C19H40O3.C4H8/c1-5-9-10-11-12-13-14-15-19(20-16-6-2,21-17-7-3)22-18-8-4;1-2-4-3-1/h5-18H2,1-4H3;1-4H2. The van der Waals surface area contributed by atoms with Gasteiger partial charge in [-0.2, -0.15) is 0 Å². The summed E-state index contributed by atoms with van der Waals surface area (Å²) in [5.41, 5.74) is 0. The van der Waals surface area contributed by atoms with E-state index in [1.807, 2.05) is 0 Å². The van der Waals surface area contributed by atoms with E-state index in [9.17, 15) is 0 Å². The van der Waals surface area contributed by atoms with E-state index >= 15 is 0 Å². The van der Waals surface area contributed by atoms with E-state index in [1.165, 1.54) is 64.2 Å². The Hall–Kier alpha value is -0.120. The van der Waals surface area contributed by atoms with Crippen molar-refractivity contribution in [2.75, 3.05) is 19.8 Å². The van der Waals surface area contributed by atoms with E-state index < -0.39 is 5.97 Å². The summed E-state index contributed by atoms with van der Waals surface area (Å²) < 4.78 is 18.0. The molecule has 0 saturated heterocycles. The van der Waals surface area contributed by atoms with Crippen LogP contribution in [0, 0.1) is 0 Å². The van der Waals surface area contributed by atoms with Gasteiger partial charge in [0.25, 0.3) is 5.97 Å². The van der Waals surface area contributed by atoms with Crippen LogP contribution < -0.4 is 0 Å². The summed E-state index contributed by atoms with van der Waals surface area (Å²) in [6, 6.07) is 0.